The smallest absolute Gasteiger partial charge is 0.257 e. The second-order valence-electron chi connectivity index (χ2n) is 6.53. The van der Waals surface area contributed by atoms with Crippen LogP contribution >= 0.6 is 11.3 Å². The molecule has 0 radical (unpaired) electrons. The number of hydrogen-bond acceptors (Lipinski definition) is 5. The second-order valence-corrected chi connectivity index (χ2v) is 7.54. The Kier molecular flexibility index (Phi) is 5.98. The average Bonchev–Trinajstić information content (AvgIpc) is 3.26. The number of rotatable bonds is 7. The van der Waals surface area contributed by atoms with E-state index >= 15 is 0 Å². The van der Waals surface area contributed by atoms with Crippen LogP contribution in [0.1, 0.15) is 66.4 Å². The number of nitrogens with zero attached hydrogens (tertiary/aromatic N) is 3. The third kappa shape index (κ3) is 4.27. The van der Waals surface area contributed by atoms with Crippen molar-refractivity contribution >= 4 is 28.3 Å². The molecule has 0 spiro atoms. The maximum absolute atomic E-state index is 12.4. The first-order valence-corrected chi connectivity index (χ1v) is 9.93. The van der Waals surface area contributed by atoms with Crippen molar-refractivity contribution in [2.75, 3.05) is 11.9 Å². The number of benzene rings is 1. The second kappa shape index (κ2) is 8.40. The highest BCUT2D eigenvalue weighted by Crippen LogP contribution is 2.28. The Hall–Kier alpha value is -2.28. The summed E-state index contributed by atoms with van der Waals surface area (Å²) >= 11 is 1.44. The summed E-state index contributed by atoms with van der Waals surface area (Å²) in [6, 6.07) is 7.37. The first-order valence-electron chi connectivity index (χ1n) is 9.12. The van der Waals surface area contributed by atoms with E-state index in [4.69, 9.17) is 0 Å². The molecule has 1 aromatic heterocycles. The van der Waals surface area contributed by atoms with Crippen LogP contribution in [0.15, 0.2) is 24.3 Å². The molecule has 138 valence electrons. The SMILES string of the molecule is CCC(CC)c1nnc(NC(=O)c2ccc(CN3CCCC3=O)cc2)s1. The molecule has 1 aliphatic heterocycles. The highest BCUT2D eigenvalue weighted by Gasteiger charge is 2.20. The van der Waals surface area contributed by atoms with Gasteiger partial charge in [0.15, 0.2) is 0 Å². The monoisotopic (exact) mass is 372 g/mol. The van der Waals surface area contributed by atoms with Crippen LogP contribution in [0.3, 0.4) is 0 Å². The van der Waals surface area contributed by atoms with E-state index in [1.165, 1.54) is 11.3 Å². The fraction of sp³-hybridized carbons (Fsp3) is 0.474. The van der Waals surface area contributed by atoms with Gasteiger partial charge in [0.25, 0.3) is 5.91 Å². The molecular formula is C19H24N4O2S. The molecule has 0 bridgehead atoms. The molecule has 0 unspecified atom stereocenters. The zero-order valence-electron chi connectivity index (χ0n) is 15.2. The number of aromatic nitrogens is 2. The van der Waals surface area contributed by atoms with Crippen molar-refractivity contribution in [3.63, 3.8) is 0 Å². The Labute approximate surface area is 157 Å². The van der Waals surface area contributed by atoms with Crippen molar-refractivity contribution in [3.05, 3.63) is 40.4 Å². The van der Waals surface area contributed by atoms with Crippen LogP contribution in [-0.2, 0) is 11.3 Å². The minimum atomic E-state index is -0.193. The molecule has 1 aliphatic rings. The molecule has 2 aromatic rings. The molecule has 3 rings (SSSR count). The maximum Gasteiger partial charge on any atom is 0.257 e. The van der Waals surface area contributed by atoms with E-state index in [1.807, 2.05) is 17.0 Å². The van der Waals surface area contributed by atoms with E-state index < -0.39 is 0 Å². The van der Waals surface area contributed by atoms with E-state index in [0.29, 0.717) is 29.6 Å². The Morgan fingerprint density at radius 1 is 1.23 bits per heavy atom. The van der Waals surface area contributed by atoms with E-state index in [-0.39, 0.29) is 11.8 Å². The van der Waals surface area contributed by atoms with Gasteiger partial charge in [0.2, 0.25) is 11.0 Å². The lowest BCUT2D eigenvalue weighted by molar-refractivity contribution is -0.128. The fourth-order valence-corrected chi connectivity index (χ4v) is 4.12. The minimum Gasteiger partial charge on any atom is -0.338 e. The van der Waals surface area contributed by atoms with Gasteiger partial charge in [-0.15, -0.1) is 10.2 Å². The standard InChI is InChI=1S/C19H24N4O2S/c1-3-14(4-2)18-21-22-19(26-18)20-17(25)15-9-7-13(8-10-15)12-23-11-5-6-16(23)24/h7-10,14H,3-6,11-12H2,1-2H3,(H,20,22,25). The molecule has 1 aromatic carbocycles. The summed E-state index contributed by atoms with van der Waals surface area (Å²) in [5.74, 6) is 0.406. The van der Waals surface area contributed by atoms with Crippen LogP contribution in [0.2, 0.25) is 0 Å². The first-order chi connectivity index (χ1) is 12.6. The van der Waals surface area contributed by atoms with Gasteiger partial charge in [0, 0.05) is 31.0 Å². The van der Waals surface area contributed by atoms with Gasteiger partial charge in [-0.25, -0.2) is 0 Å². The van der Waals surface area contributed by atoms with Gasteiger partial charge in [-0.3, -0.25) is 14.9 Å². The van der Waals surface area contributed by atoms with Crippen LogP contribution in [0.25, 0.3) is 0 Å². The van der Waals surface area contributed by atoms with Crippen LogP contribution in [0, 0.1) is 0 Å². The summed E-state index contributed by atoms with van der Waals surface area (Å²) in [4.78, 5) is 26.0. The molecule has 7 heteroatoms. The summed E-state index contributed by atoms with van der Waals surface area (Å²) in [6.07, 6.45) is 3.60. The predicted molar refractivity (Wildman–Crippen MR) is 102 cm³/mol. The molecule has 6 nitrogen and oxygen atoms in total. The van der Waals surface area contributed by atoms with Crippen molar-refractivity contribution in [1.29, 1.82) is 0 Å². The number of carbonyl (C=O) groups is 2. The van der Waals surface area contributed by atoms with Gasteiger partial charge in [0.05, 0.1) is 0 Å². The molecule has 1 fully saturated rings. The van der Waals surface area contributed by atoms with Crippen LogP contribution in [0.4, 0.5) is 5.13 Å². The van der Waals surface area contributed by atoms with Gasteiger partial charge in [0.1, 0.15) is 5.01 Å². The zero-order valence-corrected chi connectivity index (χ0v) is 16.0. The Bertz CT molecular complexity index is 768. The average molecular weight is 372 g/mol. The third-order valence-electron chi connectivity index (χ3n) is 4.76. The van der Waals surface area contributed by atoms with Crippen molar-refractivity contribution in [2.24, 2.45) is 0 Å². The summed E-state index contributed by atoms with van der Waals surface area (Å²) in [5, 5.41) is 12.6. The summed E-state index contributed by atoms with van der Waals surface area (Å²) < 4.78 is 0. The summed E-state index contributed by atoms with van der Waals surface area (Å²) in [6.45, 7) is 5.68. The Morgan fingerprint density at radius 2 is 1.96 bits per heavy atom. The summed E-state index contributed by atoms with van der Waals surface area (Å²) in [7, 11) is 0. The predicted octanol–water partition coefficient (Wildman–Crippen LogP) is 3.82. The number of hydrogen-bond donors (Lipinski definition) is 1. The van der Waals surface area contributed by atoms with E-state index in [0.717, 1.165) is 36.4 Å². The number of likely N-dealkylation sites (tertiary alicyclic amines) is 1. The van der Waals surface area contributed by atoms with Crippen molar-refractivity contribution in [3.8, 4) is 0 Å². The number of anilines is 1. The van der Waals surface area contributed by atoms with E-state index in [9.17, 15) is 9.59 Å². The lowest BCUT2D eigenvalue weighted by Crippen LogP contribution is -2.23. The lowest BCUT2D eigenvalue weighted by Gasteiger charge is -2.15. The highest BCUT2D eigenvalue weighted by molar-refractivity contribution is 7.15. The summed E-state index contributed by atoms with van der Waals surface area (Å²) in [5.41, 5.74) is 1.60. The number of nitrogens with one attached hydrogen (secondary N) is 1. The number of carbonyl (C=O) groups excluding carboxylic acids is 2. The van der Waals surface area contributed by atoms with Gasteiger partial charge in [-0.1, -0.05) is 37.3 Å². The van der Waals surface area contributed by atoms with Crippen molar-refractivity contribution < 1.29 is 9.59 Å². The molecule has 26 heavy (non-hydrogen) atoms. The topological polar surface area (TPSA) is 75.2 Å². The molecular weight excluding hydrogens is 348 g/mol. The molecule has 0 aliphatic carbocycles. The lowest BCUT2D eigenvalue weighted by atomic mass is 10.1. The van der Waals surface area contributed by atoms with Gasteiger partial charge in [-0.2, -0.15) is 0 Å². The molecule has 0 saturated carbocycles. The van der Waals surface area contributed by atoms with Crippen molar-refractivity contribution in [1.82, 2.24) is 15.1 Å². The van der Waals surface area contributed by atoms with E-state index in [2.05, 4.69) is 29.4 Å². The molecule has 1 N–H and O–H groups in total. The van der Waals surface area contributed by atoms with Crippen LogP contribution < -0.4 is 5.32 Å². The zero-order chi connectivity index (χ0) is 18.5. The van der Waals surface area contributed by atoms with Gasteiger partial charge >= 0.3 is 0 Å². The molecule has 0 atom stereocenters. The Balaban J connectivity index is 1.60. The first kappa shape index (κ1) is 18.5. The van der Waals surface area contributed by atoms with Gasteiger partial charge in [-0.05, 0) is 37.0 Å². The Morgan fingerprint density at radius 3 is 2.58 bits per heavy atom. The minimum absolute atomic E-state index is 0.193. The maximum atomic E-state index is 12.4. The third-order valence-corrected chi connectivity index (χ3v) is 5.76. The van der Waals surface area contributed by atoms with E-state index in [1.54, 1.807) is 12.1 Å². The van der Waals surface area contributed by atoms with Crippen LogP contribution in [-0.4, -0.2) is 33.5 Å². The normalized spacial score (nSPS) is 14.3. The quantitative estimate of drug-likeness (QED) is 0.802. The molecule has 2 amide bonds. The van der Waals surface area contributed by atoms with Gasteiger partial charge < -0.3 is 4.90 Å². The van der Waals surface area contributed by atoms with Crippen molar-refractivity contribution in [2.45, 2.75) is 52.0 Å². The highest BCUT2D eigenvalue weighted by atomic mass is 32.1. The molecule has 2 heterocycles. The van der Waals surface area contributed by atoms with Crippen LogP contribution in [0.5, 0.6) is 0 Å². The number of amides is 2. The fourth-order valence-electron chi connectivity index (χ4n) is 3.11. The largest absolute Gasteiger partial charge is 0.338 e. The molecule has 1 saturated heterocycles.